The standard InChI is InChI=1S/C21H15NO5S/c23-22(24)17-11-12-19-18(14-17)27-21(16-9-5-2-6-10-16)20(28(19,25)26)13-15-7-3-1-4-8-15/h1-12,14H,13H2. The van der Waals surface area contributed by atoms with Crippen LogP contribution < -0.4 is 4.74 Å². The summed E-state index contributed by atoms with van der Waals surface area (Å²) in [6.45, 7) is 0. The van der Waals surface area contributed by atoms with E-state index in [1.54, 1.807) is 24.3 Å². The van der Waals surface area contributed by atoms with E-state index in [0.717, 1.165) is 11.6 Å². The van der Waals surface area contributed by atoms with Crippen LogP contribution in [-0.2, 0) is 16.3 Å². The number of fused-ring (bicyclic) bond motifs is 1. The molecule has 0 saturated carbocycles. The highest BCUT2D eigenvalue weighted by atomic mass is 32.2. The molecule has 3 aromatic carbocycles. The first kappa shape index (κ1) is 17.9. The number of ether oxygens (including phenoxy) is 1. The largest absolute Gasteiger partial charge is 0.454 e. The van der Waals surface area contributed by atoms with Gasteiger partial charge in [0, 0.05) is 18.1 Å². The Morgan fingerprint density at radius 3 is 2.18 bits per heavy atom. The predicted octanol–water partition coefficient (Wildman–Crippen LogP) is 4.37. The van der Waals surface area contributed by atoms with Crippen molar-refractivity contribution in [2.45, 2.75) is 11.3 Å². The van der Waals surface area contributed by atoms with E-state index in [-0.39, 0.29) is 33.4 Å². The number of nitro benzene ring substituents is 1. The molecule has 0 unspecified atom stereocenters. The van der Waals surface area contributed by atoms with Crippen LogP contribution in [0.4, 0.5) is 5.69 Å². The average Bonchev–Trinajstić information content (AvgIpc) is 2.71. The van der Waals surface area contributed by atoms with E-state index in [2.05, 4.69) is 0 Å². The summed E-state index contributed by atoms with van der Waals surface area (Å²) in [4.78, 5) is 10.6. The lowest BCUT2D eigenvalue weighted by Crippen LogP contribution is -2.18. The van der Waals surface area contributed by atoms with Gasteiger partial charge < -0.3 is 4.74 Å². The number of nitrogens with zero attached hydrogens (tertiary/aromatic N) is 1. The molecule has 1 aliphatic heterocycles. The molecule has 0 bridgehead atoms. The molecule has 0 amide bonds. The van der Waals surface area contributed by atoms with E-state index in [1.165, 1.54) is 12.1 Å². The maximum atomic E-state index is 13.4. The molecule has 0 aromatic heterocycles. The van der Waals surface area contributed by atoms with Gasteiger partial charge in [-0.15, -0.1) is 0 Å². The Morgan fingerprint density at radius 1 is 0.893 bits per heavy atom. The van der Waals surface area contributed by atoms with Crippen molar-refractivity contribution >= 4 is 21.3 Å². The number of hydrogen-bond donors (Lipinski definition) is 0. The zero-order valence-electron chi connectivity index (χ0n) is 14.6. The molecule has 0 radical (unpaired) electrons. The summed E-state index contributed by atoms with van der Waals surface area (Å²) in [6, 6.07) is 21.6. The summed E-state index contributed by atoms with van der Waals surface area (Å²) in [7, 11) is -3.89. The monoisotopic (exact) mass is 393 g/mol. The molecule has 0 atom stereocenters. The van der Waals surface area contributed by atoms with Gasteiger partial charge in [-0.1, -0.05) is 60.7 Å². The molecule has 140 valence electrons. The number of sulfone groups is 1. The summed E-state index contributed by atoms with van der Waals surface area (Å²) in [5, 5.41) is 11.1. The van der Waals surface area contributed by atoms with E-state index in [9.17, 15) is 18.5 Å². The third-order valence-electron chi connectivity index (χ3n) is 4.46. The molecule has 3 aromatic rings. The van der Waals surface area contributed by atoms with Crippen molar-refractivity contribution in [1.29, 1.82) is 0 Å². The molecule has 4 rings (SSSR count). The minimum absolute atomic E-state index is 0.0372. The summed E-state index contributed by atoms with van der Waals surface area (Å²) in [5.41, 5.74) is 1.19. The van der Waals surface area contributed by atoms with E-state index in [1.807, 2.05) is 36.4 Å². The van der Waals surface area contributed by atoms with Gasteiger partial charge in [0.2, 0.25) is 9.84 Å². The van der Waals surface area contributed by atoms with Gasteiger partial charge in [0.25, 0.3) is 5.69 Å². The van der Waals surface area contributed by atoms with E-state index < -0.39 is 14.8 Å². The summed E-state index contributed by atoms with van der Waals surface area (Å²) >= 11 is 0. The molecule has 0 N–H and O–H groups in total. The Hall–Kier alpha value is -3.45. The van der Waals surface area contributed by atoms with Gasteiger partial charge in [0.1, 0.15) is 10.7 Å². The molecule has 0 spiro atoms. The second kappa shape index (κ2) is 6.94. The third-order valence-corrected chi connectivity index (χ3v) is 6.36. The Labute approximate surface area is 161 Å². The van der Waals surface area contributed by atoms with Crippen molar-refractivity contribution in [3.05, 3.63) is 105 Å². The Morgan fingerprint density at radius 2 is 1.54 bits per heavy atom. The molecule has 0 saturated heterocycles. The van der Waals surface area contributed by atoms with Gasteiger partial charge in [0.05, 0.1) is 15.9 Å². The number of nitro groups is 1. The fourth-order valence-electron chi connectivity index (χ4n) is 3.10. The second-order valence-corrected chi connectivity index (χ2v) is 8.21. The van der Waals surface area contributed by atoms with Crippen LogP contribution >= 0.6 is 0 Å². The fourth-order valence-corrected chi connectivity index (χ4v) is 4.74. The first-order chi connectivity index (χ1) is 13.5. The molecular formula is C21H15NO5S. The van der Waals surface area contributed by atoms with Crippen molar-refractivity contribution in [2.24, 2.45) is 0 Å². The normalized spacial score (nSPS) is 14.9. The molecule has 0 aliphatic carbocycles. The predicted molar refractivity (Wildman–Crippen MR) is 104 cm³/mol. The van der Waals surface area contributed by atoms with Crippen molar-refractivity contribution < 1.29 is 18.1 Å². The van der Waals surface area contributed by atoms with Crippen LogP contribution in [0.1, 0.15) is 11.1 Å². The molecule has 6 nitrogen and oxygen atoms in total. The third kappa shape index (κ3) is 3.16. The van der Waals surface area contributed by atoms with Crippen LogP contribution in [0.5, 0.6) is 5.75 Å². The lowest BCUT2D eigenvalue weighted by atomic mass is 10.1. The second-order valence-electron chi connectivity index (χ2n) is 6.27. The van der Waals surface area contributed by atoms with Gasteiger partial charge in [-0.05, 0) is 11.6 Å². The van der Waals surface area contributed by atoms with E-state index in [0.29, 0.717) is 5.56 Å². The number of allylic oxidation sites excluding steroid dienone is 1. The molecule has 28 heavy (non-hydrogen) atoms. The van der Waals surface area contributed by atoms with Gasteiger partial charge in [-0.2, -0.15) is 0 Å². The minimum atomic E-state index is -3.89. The first-order valence-electron chi connectivity index (χ1n) is 8.51. The van der Waals surface area contributed by atoms with Gasteiger partial charge >= 0.3 is 0 Å². The first-order valence-corrected chi connectivity index (χ1v) is 9.99. The Bertz CT molecular complexity index is 1190. The van der Waals surface area contributed by atoms with Gasteiger partial charge in [-0.25, -0.2) is 8.42 Å². The number of benzene rings is 3. The van der Waals surface area contributed by atoms with E-state index in [4.69, 9.17) is 4.74 Å². The minimum Gasteiger partial charge on any atom is -0.454 e. The molecular weight excluding hydrogens is 378 g/mol. The van der Waals surface area contributed by atoms with Crippen LogP contribution in [0.15, 0.2) is 88.7 Å². The number of hydrogen-bond acceptors (Lipinski definition) is 5. The maximum Gasteiger partial charge on any atom is 0.273 e. The number of non-ortho nitro benzene ring substituents is 1. The smallest absolute Gasteiger partial charge is 0.273 e. The van der Waals surface area contributed by atoms with Crippen molar-refractivity contribution in [1.82, 2.24) is 0 Å². The highest BCUT2D eigenvalue weighted by Gasteiger charge is 2.35. The van der Waals surface area contributed by atoms with Crippen LogP contribution in [0.2, 0.25) is 0 Å². The molecule has 1 aliphatic rings. The SMILES string of the molecule is O=[N+]([O-])c1ccc2c(c1)OC(c1ccccc1)=C(Cc1ccccc1)S2(=O)=O. The average molecular weight is 393 g/mol. The van der Waals surface area contributed by atoms with Crippen LogP contribution in [0.25, 0.3) is 5.76 Å². The molecule has 7 heteroatoms. The fraction of sp³-hybridized carbons (Fsp3) is 0.0476. The van der Waals surface area contributed by atoms with Gasteiger partial charge in [0.15, 0.2) is 5.75 Å². The zero-order valence-corrected chi connectivity index (χ0v) is 15.4. The molecule has 0 fully saturated rings. The molecule has 1 heterocycles. The lowest BCUT2D eigenvalue weighted by molar-refractivity contribution is -0.385. The Balaban J connectivity index is 1.92. The van der Waals surface area contributed by atoms with Crippen LogP contribution in [0, 0.1) is 10.1 Å². The van der Waals surface area contributed by atoms with Crippen molar-refractivity contribution in [3.8, 4) is 5.75 Å². The number of rotatable bonds is 4. The maximum absolute atomic E-state index is 13.4. The topological polar surface area (TPSA) is 86.5 Å². The summed E-state index contributed by atoms with van der Waals surface area (Å²) in [6.07, 6.45) is 0.157. The van der Waals surface area contributed by atoms with Gasteiger partial charge in [-0.3, -0.25) is 10.1 Å². The Kier molecular flexibility index (Phi) is 4.44. The highest BCUT2D eigenvalue weighted by molar-refractivity contribution is 7.95. The van der Waals surface area contributed by atoms with E-state index >= 15 is 0 Å². The highest BCUT2D eigenvalue weighted by Crippen LogP contribution is 2.42. The summed E-state index contributed by atoms with van der Waals surface area (Å²) < 4.78 is 32.7. The quantitative estimate of drug-likeness (QED) is 0.485. The lowest BCUT2D eigenvalue weighted by Gasteiger charge is -2.24. The van der Waals surface area contributed by atoms with Crippen LogP contribution in [0.3, 0.4) is 0 Å². The summed E-state index contributed by atoms with van der Waals surface area (Å²) in [5.74, 6) is 0.155. The van der Waals surface area contributed by atoms with Crippen LogP contribution in [-0.4, -0.2) is 13.3 Å². The van der Waals surface area contributed by atoms with Crippen molar-refractivity contribution in [3.63, 3.8) is 0 Å². The van der Waals surface area contributed by atoms with Crippen molar-refractivity contribution in [2.75, 3.05) is 0 Å². The zero-order chi connectivity index (χ0) is 19.7.